The summed E-state index contributed by atoms with van der Waals surface area (Å²) in [4.78, 5) is 12.6. The van der Waals surface area contributed by atoms with Gasteiger partial charge in [-0.25, -0.2) is 4.68 Å². The van der Waals surface area contributed by atoms with Crippen molar-refractivity contribution in [1.29, 1.82) is 0 Å². The zero-order chi connectivity index (χ0) is 17.8. The number of carbonyl (C=O) groups excluding carboxylic acids is 1. The van der Waals surface area contributed by atoms with E-state index in [1.165, 1.54) is 0 Å². The van der Waals surface area contributed by atoms with E-state index in [-0.39, 0.29) is 11.9 Å². The first-order valence-corrected chi connectivity index (χ1v) is 8.09. The van der Waals surface area contributed by atoms with Gasteiger partial charge in [0.1, 0.15) is 11.4 Å². The molecule has 2 aromatic heterocycles. The van der Waals surface area contributed by atoms with Crippen molar-refractivity contribution in [1.82, 2.24) is 24.9 Å². The van der Waals surface area contributed by atoms with E-state index in [1.54, 1.807) is 35.1 Å². The quantitative estimate of drug-likeness (QED) is 0.749. The smallest absolute Gasteiger partial charge is 0.254 e. The summed E-state index contributed by atoms with van der Waals surface area (Å²) in [6.45, 7) is 2.02. The van der Waals surface area contributed by atoms with Gasteiger partial charge in [0.25, 0.3) is 5.91 Å². The summed E-state index contributed by atoms with van der Waals surface area (Å²) >= 11 is 0. The molecule has 0 saturated heterocycles. The standard InChI is InChI=1S/C18H21N5O2/c1-4-15(13-9-19-22(2)11-13)21-18(24)14-10-20-23(12-14)16-7-5-6-8-17(16)25-3/h5-12,15H,4H2,1-3H3,(H,21,24). The number of rotatable bonds is 6. The first-order valence-electron chi connectivity index (χ1n) is 8.09. The highest BCUT2D eigenvalue weighted by atomic mass is 16.5. The lowest BCUT2D eigenvalue weighted by Gasteiger charge is -2.14. The molecule has 3 aromatic rings. The largest absolute Gasteiger partial charge is 0.494 e. The molecule has 0 aliphatic carbocycles. The fourth-order valence-corrected chi connectivity index (χ4v) is 2.67. The number of benzene rings is 1. The maximum absolute atomic E-state index is 12.6. The Bertz CT molecular complexity index is 868. The van der Waals surface area contributed by atoms with Crippen molar-refractivity contribution in [3.63, 3.8) is 0 Å². The van der Waals surface area contributed by atoms with Crippen LogP contribution in [0.4, 0.5) is 0 Å². The van der Waals surface area contributed by atoms with Gasteiger partial charge in [0.2, 0.25) is 0 Å². The number of hydrogen-bond donors (Lipinski definition) is 1. The van der Waals surface area contributed by atoms with Crippen molar-refractivity contribution in [2.45, 2.75) is 19.4 Å². The van der Waals surface area contributed by atoms with E-state index >= 15 is 0 Å². The Kier molecular flexibility index (Phi) is 4.83. The molecule has 0 radical (unpaired) electrons. The Hall–Kier alpha value is -3.09. The summed E-state index contributed by atoms with van der Waals surface area (Å²) in [6, 6.07) is 7.44. The first-order chi connectivity index (χ1) is 12.1. The van der Waals surface area contributed by atoms with Gasteiger partial charge in [0.15, 0.2) is 0 Å². The SMILES string of the molecule is CCC(NC(=O)c1cnn(-c2ccccc2OC)c1)c1cnn(C)c1. The summed E-state index contributed by atoms with van der Waals surface area (Å²) in [7, 11) is 3.46. The summed E-state index contributed by atoms with van der Waals surface area (Å²) in [5.74, 6) is 0.524. The van der Waals surface area contributed by atoms with Crippen molar-refractivity contribution in [3.05, 3.63) is 60.2 Å². The van der Waals surface area contributed by atoms with Crippen molar-refractivity contribution in [3.8, 4) is 11.4 Å². The third-order valence-electron chi connectivity index (χ3n) is 4.02. The van der Waals surface area contributed by atoms with Crippen LogP contribution in [0.3, 0.4) is 0 Å². The van der Waals surface area contributed by atoms with Crippen LogP contribution in [-0.2, 0) is 7.05 Å². The Morgan fingerprint density at radius 1 is 1.24 bits per heavy atom. The molecule has 3 rings (SSSR count). The number of methoxy groups -OCH3 is 1. The van der Waals surface area contributed by atoms with Crippen molar-refractivity contribution in [2.24, 2.45) is 7.05 Å². The fourth-order valence-electron chi connectivity index (χ4n) is 2.67. The predicted molar refractivity (Wildman–Crippen MR) is 93.8 cm³/mol. The van der Waals surface area contributed by atoms with Gasteiger partial charge < -0.3 is 10.1 Å². The second-order valence-electron chi connectivity index (χ2n) is 5.73. The molecular weight excluding hydrogens is 318 g/mol. The summed E-state index contributed by atoms with van der Waals surface area (Å²) in [5, 5.41) is 11.5. The van der Waals surface area contributed by atoms with E-state index in [1.807, 2.05) is 44.4 Å². The Morgan fingerprint density at radius 2 is 2.04 bits per heavy atom. The topological polar surface area (TPSA) is 74.0 Å². The molecule has 0 fully saturated rings. The highest BCUT2D eigenvalue weighted by Crippen LogP contribution is 2.22. The second-order valence-corrected chi connectivity index (χ2v) is 5.73. The normalized spacial score (nSPS) is 12.0. The highest BCUT2D eigenvalue weighted by Gasteiger charge is 2.17. The molecule has 7 nitrogen and oxygen atoms in total. The molecule has 0 spiro atoms. The molecular formula is C18H21N5O2. The predicted octanol–water partition coefficient (Wildman–Crippen LogP) is 2.50. The molecule has 0 saturated carbocycles. The molecule has 1 aromatic carbocycles. The van der Waals surface area contributed by atoms with Gasteiger partial charge in [-0.15, -0.1) is 0 Å². The summed E-state index contributed by atoms with van der Waals surface area (Å²) < 4.78 is 8.70. The van der Waals surface area contributed by atoms with Crippen LogP contribution in [0.25, 0.3) is 5.69 Å². The van der Waals surface area contributed by atoms with Crippen LogP contribution in [0.5, 0.6) is 5.75 Å². The van der Waals surface area contributed by atoms with Gasteiger partial charge in [0, 0.05) is 25.0 Å². The molecule has 7 heteroatoms. The number of carbonyl (C=O) groups is 1. The Morgan fingerprint density at radius 3 is 2.72 bits per heavy atom. The third-order valence-corrected chi connectivity index (χ3v) is 4.02. The van der Waals surface area contributed by atoms with E-state index in [0.717, 1.165) is 17.7 Å². The average molecular weight is 339 g/mol. The number of aromatic nitrogens is 4. The maximum Gasteiger partial charge on any atom is 0.254 e. The highest BCUT2D eigenvalue weighted by molar-refractivity contribution is 5.94. The van der Waals surface area contributed by atoms with Gasteiger partial charge in [-0.2, -0.15) is 10.2 Å². The van der Waals surface area contributed by atoms with E-state index in [2.05, 4.69) is 15.5 Å². The number of aryl methyl sites for hydroxylation is 1. The molecule has 0 aliphatic heterocycles. The fraction of sp³-hybridized carbons (Fsp3) is 0.278. The molecule has 2 heterocycles. The zero-order valence-corrected chi connectivity index (χ0v) is 14.5. The van der Waals surface area contributed by atoms with Crippen LogP contribution in [0.2, 0.25) is 0 Å². The number of ether oxygens (including phenoxy) is 1. The van der Waals surface area contributed by atoms with Crippen LogP contribution in [0.1, 0.15) is 35.3 Å². The van der Waals surface area contributed by atoms with E-state index in [0.29, 0.717) is 11.3 Å². The van der Waals surface area contributed by atoms with Crippen LogP contribution in [0.15, 0.2) is 49.1 Å². The monoisotopic (exact) mass is 339 g/mol. The lowest BCUT2D eigenvalue weighted by molar-refractivity contribution is 0.0935. The second kappa shape index (κ2) is 7.21. The minimum atomic E-state index is -0.170. The van der Waals surface area contributed by atoms with Gasteiger partial charge in [-0.05, 0) is 18.6 Å². The van der Waals surface area contributed by atoms with E-state index in [4.69, 9.17) is 4.74 Å². The lowest BCUT2D eigenvalue weighted by atomic mass is 10.1. The number of nitrogens with zero attached hydrogens (tertiary/aromatic N) is 4. The van der Waals surface area contributed by atoms with Gasteiger partial charge >= 0.3 is 0 Å². The molecule has 1 unspecified atom stereocenters. The summed E-state index contributed by atoms with van der Waals surface area (Å²) in [6.07, 6.45) is 7.71. The number of para-hydroxylation sites is 2. The molecule has 1 atom stereocenters. The molecule has 0 bridgehead atoms. The lowest BCUT2D eigenvalue weighted by Crippen LogP contribution is -2.27. The van der Waals surface area contributed by atoms with Crippen LogP contribution >= 0.6 is 0 Å². The Balaban J connectivity index is 1.78. The number of hydrogen-bond acceptors (Lipinski definition) is 4. The van der Waals surface area contributed by atoms with Crippen LogP contribution in [0, 0.1) is 0 Å². The van der Waals surface area contributed by atoms with Crippen LogP contribution < -0.4 is 10.1 Å². The van der Waals surface area contributed by atoms with E-state index < -0.39 is 0 Å². The average Bonchev–Trinajstić information content (AvgIpc) is 3.28. The number of amides is 1. The molecule has 1 N–H and O–H groups in total. The molecule has 130 valence electrons. The van der Waals surface area contributed by atoms with Gasteiger partial charge in [0.05, 0.1) is 31.1 Å². The van der Waals surface area contributed by atoms with Gasteiger partial charge in [-0.1, -0.05) is 19.1 Å². The minimum Gasteiger partial charge on any atom is -0.494 e. The molecule has 1 amide bonds. The maximum atomic E-state index is 12.6. The molecule has 25 heavy (non-hydrogen) atoms. The Labute approximate surface area is 146 Å². The molecule has 0 aliphatic rings. The third kappa shape index (κ3) is 3.55. The number of nitrogens with one attached hydrogen (secondary N) is 1. The summed E-state index contributed by atoms with van der Waals surface area (Å²) in [5.41, 5.74) is 2.26. The van der Waals surface area contributed by atoms with Gasteiger partial charge in [-0.3, -0.25) is 9.48 Å². The minimum absolute atomic E-state index is 0.0872. The van der Waals surface area contributed by atoms with Crippen molar-refractivity contribution < 1.29 is 9.53 Å². The van der Waals surface area contributed by atoms with Crippen LogP contribution in [-0.4, -0.2) is 32.6 Å². The zero-order valence-electron chi connectivity index (χ0n) is 14.5. The van der Waals surface area contributed by atoms with E-state index in [9.17, 15) is 4.79 Å². The van der Waals surface area contributed by atoms with Crippen molar-refractivity contribution in [2.75, 3.05) is 7.11 Å². The van der Waals surface area contributed by atoms with Crippen molar-refractivity contribution >= 4 is 5.91 Å². The first kappa shape index (κ1) is 16.8.